The Morgan fingerprint density at radius 3 is 1.33 bits per heavy atom. The van der Waals surface area contributed by atoms with E-state index in [2.05, 4.69) is 21.3 Å². The summed E-state index contributed by atoms with van der Waals surface area (Å²) in [5.41, 5.74) is 4.01. The van der Waals surface area contributed by atoms with Crippen molar-refractivity contribution in [3.8, 4) is 0 Å². The van der Waals surface area contributed by atoms with Gasteiger partial charge in [-0.2, -0.15) is 16.8 Å². The lowest BCUT2D eigenvalue weighted by Crippen LogP contribution is -2.27. The number of carbonyl (C=O) groups is 4. The Hall–Kier alpha value is -4.84. The standard InChI is InChI=1S/C40H42Cl2N4O10S2/c1-23(7-9-25-17-29(57(51,52)53)13-11-27(25)21-43-35(47)19-41)45-33-15-16-34(38-37(33)39(49)31-5-3-4-6-32(31)40(38)50)46-24(2)8-10-26-18-30(58(54,55)56)14-12-28(26)22-44-36(48)20-42/h3-6,11-18,23-24,45-46H,7-10,19-22H2,1-2H3,(H,43,47)(H,44,48)(H,51,52,53)(H,54,55,56). The van der Waals surface area contributed by atoms with Crippen LogP contribution in [0.2, 0.25) is 0 Å². The second-order valence-corrected chi connectivity index (χ2v) is 17.3. The van der Waals surface area contributed by atoms with Crippen LogP contribution in [0.15, 0.2) is 82.6 Å². The average molecular weight is 874 g/mol. The van der Waals surface area contributed by atoms with Gasteiger partial charge in [-0.05, 0) is 98.2 Å². The smallest absolute Gasteiger partial charge is 0.294 e. The van der Waals surface area contributed by atoms with Crippen LogP contribution in [0, 0.1) is 0 Å². The quantitative estimate of drug-likeness (QED) is 0.0472. The fourth-order valence-corrected chi connectivity index (χ4v) is 7.95. The van der Waals surface area contributed by atoms with Gasteiger partial charge in [0, 0.05) is 47.7 Å². The van der Waals surface area contributed by atoms with Crippen LogP contribution in [0.25, 0.3) is 0 Å². The lowest BCUT2D eigenvalue weighted by atomic mass is 9.82. The van der Waals surface area contributed by atoms with E-state index in [1.54, 1.807) is 36.4 Å². The Morgan fingerprint density at radius 2 is 0.983 bits per heavy atom. The van der Waals surface area contributed by atoms with Gasteiger partial charge in [-0.1, -0.05) is 36.4 Å². The third-order valence-corrected chi connectivity index (χ3v) is 11.9. The third-order valence-electron chi connectivity index (χ3n) is 9.72. The van der Waals surface area contributed by atoms with Crippen LogP contribution >= 0.6 is 23.2 Å². The minimum atomic E-state index is -4.51. The highest BCUT2D eigenvalue weighted by Gasteiger charge is 2.34. The maximum Gasteiger partial charge on any atom is 0.294 e. The van der Waals surface area contributed by atoms with Crippen LogP contribution in [-0.2, 0) is 55.8 Å². The van der Waals surface area contributed by atoms with E-state index in [9.17, 15) is 45.1 Å². The first-order valence-electron chi connectivity index (χ1n) is 18.1. The molecule has 308 valence electrons. The lowest BCUT2D eigenvalue weighted by molar-refractivity contribution is -0.119. The summed E-state index contributed by atoms with van der Waals surface area (Å²) >= 11 is 11.2. The summed E-state index contributed by atoms with van der Waals surface area (Å²) in [6.07, 6.45) is 1.44. The Bertz CT molecular complexity index is 2310. The monoisotopic (exact) mass is 872 g/mol. The Labute approximate surface area is 346 Å². The third kappa shape index (κ3) is 10.8. The molecular weight excluding hydrogens is 831 g/mol. The molecule has 58 heavy (non-hydrogen) atoms. The van der Waals surface area contributed by atoms with Gasteiger partial charge < -0.3 is 21.3 Å². The van der Waals surface area contributed by atoms with Gasteiger partial charge >= 0.3 is 0 Å². The molecule has 14 nitrogen and oxygen atoms in total. The molecule has 0 heterocycles. The summed E-state index contributed by atoms with van der Waals surface area (Å²) in [5.74, 6) is -2.06. The highest BCUT2D eigenvalue weighted by atomic mass is 35.5. The highest BCUT2D eigenvalue weighted by Crippen LogP contribution is 2.37. The van der Waals surface area contributed by atoms with Gasteiger partial charge in [0.1, 0.15) is 11.8 Å². The Balaban J connectivity index is 1.40. The molecule has 0 radical (unpaired) electrons. The molecule has 1 aliphatic carbocycles. The number of halogens is 2. The van der Waals surface area contributed by atoms with Gasteiger partial charge in [-0.3, -0.25) is 28.3 Å². The zero-order valence-electron chi connectivity index (χ0n) is 31.5. The number of hydrogen-bond acceptors (Lipinski definition) is 10. The molecule has 4 aromatic carbocycles. The van der Waals surface area contributed by atoms with Crippen LogP contribution in [0.3, 0.4) is 0 Å². The molecule has 0 saturated heterocycles. The first-order valence-corrected chi connectivity index (χ1v) is 22.1. The van der Waals surface area contributed by atoms with Crippen molar-refractivity contribution >= 4 is 78.2 Å². The highest BCUT2D eigenvalue weighted by molar-refractivity contribution is 7.86. The van der Waals surface area contributed by atoms with Crippen LogP contribution in [0.1, 0.15) is 80.8 Å². The SMILES string of the molecule is CC(CCc1cc(S(=O)(=O)O)ccc1CNC(=O)CCl)Nc1ccc(NC(C)CCc2cc(S(=O)(=O)O)ccc2CNC(=O)CCl)c2c1C(=O)c1ccccc1C2=O. The second-order valence-electron chi connectivity index (χ2n) is 13.9. The van der Waals surface area contributed by atoms with Crippen molar-refractivity contribution in [2.45, 2.75) is 74.5 Å². The van der Waals surface area contributed by atoms with E-state index in [0.29, 0.717) is 59.3 Å². The average Bonchev–Trinajstić information content (AvgIpc) is 3.19. The number of anilines is 2. The van der Waals surface area contributed by atoms with Crippen molar-refractivity contribution in [3.05, 3.63) is 117 Å². The molecule has 0 aliphatic heterocycles. The molecule has 0 spiro atoms. The second kappa shape index (κ2) is 18.8. The molecule has 0 saturated carbocycles. The van der Waals surface area contributed by atoms with E-state index in [4.69, 9.17) is 23.2 Å². The van der Waals surface area contributed by atoms with Crippen molar-refractivity contribution in [2.75, 3.05) is 22.4 Å². The van der Waals surface area contributed by atoms with E-state index in [0.717, 1.165) is 0 Å². The summed E-state index contributed by atoms with van der Waals surface area (Å²) in [5, 5.41) is 12.0. The molecule has 18 heteroatoms. The van der Waals surface area contributed by atoms with Crippen molar-refractivity contribution in [1.29, 1.82) is 0 Å². The molecule has 2 amide bonds. The lowest BCUT2D eigenvalue weighted by Gasteiger charge is -2.27. The van der Waals surface area contributed by atoms with Gasteiger partial charge in [0.2, 0.25) is 11.8 Å². The number of fused-ring (bicyclic) bond motifs is 2. The van der Waals surface area contributed by atoms with Gasteiger partial charge in [0.05, 0.1) is 20.9 Å². The number of benzene rings is 4. The first kappa shape index (κ1) is 44.3. The molecule has 5 rings (SSSR count). The minimum absolute atomic E-state index is 0.0791. The number of ketones is 2. The van der Waals surface area contributed by atoms with E-state index >= 15 is 0 Å². The van der Waals surface area contributed by atoms with Crippen LogP contribution < -0.4 is 21.3 Å². The molecule has 1 aliphatic rings. The number of hydrogen-bond donors (Lipinski definition) is 6. The van der Waals surface area contributed by atoms with E-state index in [1.807, 2.05) is 13.8 Å². The summed E-state index contributed by atoms with van der Waals surface area (Å²) in [6, 6.07) is 17.5. The largest absolute Gasteiger partial charge is 0.382 e. The maximum absolute atomic E-state index is 14.1. The van der Waals surface area contributed by atoms with Crippen LogP contribution in [0.4, 0.5) is 11.4 Å². The number of nitrogens with one attached hydrogen (secondary N) is 4. The summed E-state index contributed by atoms with van der Waals surface area (Å²) < 4.78 is 67.1. The topological polar surface area (TPSA) is 225 Å². The first-order chi connectivity index (χ1) is 27.4. The predicted octanol–water partition coefficient (Wildman–Crippen LogP) is 5.53. The molecule has 4 aromatic rings. The number of carbonyl (C=O) groups excluding carboxylic acids is 4. The number of alkyl halides is 2. The molecule has 0 bridgehead atoms. The molecule has 6 N–H and O–H groups in total. The molecule has 0 fully saturated rings. The predicted molar refractivity (Wildman–Crippen MR) is 220 cm³/mol. The van der Waals surface area contributed by atoms with Crippen molar-refractivity contribution in [2.24, 2.45) is 0 Å². The van der Waals surface area contributed by atoms with Gasteiger partial charge in [0.25, 0.3) is 20.2 Å². The fourth-order valence-electron chi connectivity index (χ4n) is 6.70. The van der Waals surface area contributed by atoms with Gasteiger partial charge in [0.15, 0.2) is 11.6 Å². The van der Waals surface area contributed by atoms with Gasteiger partial charge in [-0.25, -0.2) is 0 Å². The number of amides is 2. The summed E-state index contributed by atoms with van der Waals surface area (Å²) in [7, 11) is -9.01. The molecular formula is C40H42Cl2N4O10S2. The van der Waals surface area contributed by atoms with Crippen LogP contribution in [0.5, 0.6) is 0 Å². The summed E-state index contributed by atoms with van der Waals surface area (Å²) in [6.45, 7) is 3.88. The van der Waals surface area contributed by atoms with E-state index in [-0.39, 0.29) is 80.5 Å². The normalized spacial score (nSPS) is 13.6. The Kier molecular flexibility index (Phi) is 14.4. The zero-order chi connectivity index (χ0) is 42.4. The van der Waals surface area contributed by atoms with E-state index in [1.165, 1.54) is 36.4 Å². The van der Waals surface area contributed by atoms with E-state index < -0.39 is 32.1 Å². The molecule has 0 aromatic heterocycles. The molecule has 2 atom stereocenters. The maximum atomic E-state index is 14.1. The number of aryl methyl sites for hydroxylation is 2. The number of rotatable bonds is 18. The summed E-state index contributed by atoms with van der Waals surface area (Å²) in [4.78, 5) is 51.3. The van der Waals surface area contributed by atoms with Gasteiger partial charge in [-0.15, -0.1) is 23.2 Å². The zero-order valence-corrected chi connectivity index (χ0v) is 34.6. The molecule has 2 unspecified atom stereocenters. The fraction of sp³-hybridized carbons (Fsp3) is 0.300. The van der Waals surface area contributed by atoms with Crippen molar-refractivity contribution < 1.29 is 45.1 Å². The van der Waals surface area contributed by atoms with Crippen molar-refractivity contribution in [3.63, 3.8) is 0 Å². The Morgan fingerprint density at radius 1 is 0.603 bits per heavy atom. The van der Waals surface area contributed by atoms with Crippen molar-refractivity contribution in [1.82, 2.24) is 10.6 Å². The van der Waals surface area contributed by atoms with Crippen LogP contribution in [-0.4, -0.2) is 73.2 Å². The minimum Gasteiger partial charge on any atom is -0.382 e.